The highest BCUT2D eigenvalue weighted by Gasteiger charge is 2.48. The molecule has 1 aliphatic carbocycles. The molecule has 1 unspecified atom stereocenters. The van der Waals surface area contributed by atoms with Crippen LogP contribution in [0.1, 0.15) is 61.8 Å². The highest BCUT2D eigenvalue weighted by molar-refractivity contribution is 6.46. The van der Waals surface area contributed by atoms with Crippen LogP contribution in [0.15, 0.2) is 48.0 Å². The van der Waals surface area contributed by atoms with E-state index in [-0.39, 0.29) is 17.4 Å². The monoisotopic (exact) mass is 449 g/mol. The number of hydrogen-bond acceptors (Lipinski definition) is 5. The number of ketones is 1. The van der Waals surface area contributed by atoms with Gasteiger partial charge in [-0.2, -0.15) is 0 Å². The molecule has 174 valence electrons. The molecule has 1 heterocycles. The van der Waals surface area contributed by atoms with Gasteiger partial charge in [-0.25, -0.2) is 0 Å². The Balaban J connectivity index is 1.84. The highest BCUT2D eigenvalue weighted by atomic mass is 16.5. The molecular weight excluding hydrogens is 418 g/mol. The van der Waals surface area contributed by atoms with E-state index in [0.717, 1.165) is 49.0 Å². The van der Waals surface area contributed by atoms with E-state index in [4.69, 9.17) is 9.47 Å². The van der Waals surface area contributed by atoms with Gasteiger partial charge in [0.2, 0.25) is 0 Å². The molecule has 6 nitrogen and oxygen atoms in total. The standard InChI is InChI=1S/C27H31NO5/c1-4-33-21-13-10-18(11-14-21)24-23(25(29)19-12-15-22(32-3)17(2)16-19)26(30)27(31)28(24)20-8-6-5-7-9-20/h10-16,20,24,29H,4-9H2,1-3H3/b25-23-. The number of carbonyl (C=O) groups is 2. The van der Waals surface area contributed by atoms with Crippen LogP contribution in [0, 0.1) is 6.92 Å². The van der Waals surface area contributed by atoms with Gasteiger partial charge in [0, 0.05) is 11.6 Å². The molecule has 4 rings (SSSR count). The summed E-state index contributed by atoms with van der Waals surface area (Å²) in [4.78, 5) is 28.2. The Morgan fingerprint density at radius 3 is 2.36 bits per heavy atom. The maximum absolute atomic E-state index is 13.3. The Morgan fingerprint density at radius 2 is 1.76 bits per heavy atom. The summed E-state index contributed by atoms with van der Waals surface area (Å²) < 4.78 is 10.9. The third-order valence-corrected chi connectivity index (χ3v) is 6.62. The van der Waals surface area contributed by atoms with E-state index in [9.17, 15) is 14.7 Å². The lowest BCUT2D eigenvalue weighted by molar-refractivity contribution is -0.141. The number of aliphatic hydroxyl groups excluding tert-OH is 1. The van der Waals surface area contributed by atoms with E-state index >= 15 is 0 Å². The lowest BCUT2D eigenvalue weighted by atomic mass is 9.91. The predicted molar refractivity (Wildman–Crippen MR) is 126 cm³/mol. The molecule has 0 aromatic heterocycles. The molecule has 1 atom stereocenters. The van der Waals surface area contributed by atoms with Crippen molar-refractivity contribution in [3.05, 3.63) is 64.7 Å². The second kappa shape index (κ2) is 9.69. The molecule has 0 spiro atoms. The van der Waals surface area contributed by atoms with Gasteiger partial charge in [-0.15, -0.1) is 0 Å². The minimum absolute atomic E-state index is 0.0188. The van der Waals surface area contributed by atoms with Crippen LogP contribution < -0.4 is 9.47 Å². The van der Waals surface area contributed by atoms with Crippen LogP contribution in [-0.2, 0) is 9.59 Å². The molecule has 1 saturated heterocycles. The summed E-state index contributed by atoms with van der Waals surface area (Å²) >= 11 is 0. The number of rotatable bonds is 6. The molecule has 1 aliphatic heterocycles. The van der Waals surface area contributed by atoms with Crippen LogP contribution in [0.5, 0.6) is 11.5 Å². The Kier molecular flexibility index (Phi) is 6.72. The molecular formula is C27H31NO5. The van der Waals surface area contributed by atoms with Crippen LogP contribution >= 0.6 is 0 Å². The number of ether oxygens (including phenoxy) is 2. The van der Waals surface area contributed by atoms with E-state index in [1.54, 1.807) is 30.2 Å². The number of nitrogens with zero attached hydrogens (tertiary/aromatic N) is 1. The van der Waals surface area contributed by atoms with Crippen molar-refractivity contribution in [1.29, 1.82) is 0 Å². The fraction of sp³-hybridized carbons (Fsp3) is 0.407. The first kappa shape index (κ1) is 22.9. The van der Waals surface area contributed by atoms with Crippen molar-refractivity contribution in [2.75, 3.05) is 13.7 Å². The molecule has 2 aromatic carbocycles. The first-order chi connectivity index (χ1) is 16.0. The molecule has 1 amide bonds. The van der Waals surface area contributed by atoms with E-state index in [2.05, 4.69) is 0 Å². The molecule has 33 heavy (non-hydrogen) atoms. The van der Waals surface area contributed by atoms with Crippen LogP contribution in [0.25, 0.3) is 5.76 Å². The number of benzene rings is 2. The van der Waals surface area contributed by atoms with E-state index < -0.39 is 17.7 Å². The smallest absolute Gasteiger partial charge is 0.295 e. The fourth-order valence-corrected chi connectivity index (χ4v) is 5.01. The zero-order chi connectivity index (χ0) is 23.5. The van der Waals surface area contributed by atoms with Gasteiger partial charge in [0.15, 0.2) is 0 Å². The van der Waals surface area contributed by atoms with Crippen molar-refractivity contribution >= 4 is 17.4 Å². The van der Waals surface area contributed by atoms with Crippen LogP contribution in [0.4, 0.5) is 0 Å². The molecule has 2 aromatic rings. The fourth-order valence-electron chi connectivity index (χ4n) is 5.01. The summed E-state index contributed by atoms with van der Waals surface area (Å²) in [5.74, 6) is 0.0909. The van der Waals surface area contributed by atoms with Crippen molar-refractivity contribution in [2.24, 2.45) is 0 Å². The van der Waals surface area contributed by atoms with Gasteiger partial charge < -0.3 is 19.5 Å². The summed E-state index contributed by atoms with van der Waals surface area (Å²) in [7, 11) is 1.59. The second-order valence-corrected chi connectivity index (χ2v) is 8.68. The topological polar surface area (TPSA) is 76.1 Å². The van der Waals surface area contributed by atoms with Gasteiger partial charge in [-0.05, 0) is 68.1 Å². The average Bonchev–Trinajstić information content (AvgIpc) is 3.10. The van der Waals surface area contributed by atoms with Crippen molar-refractivity contribution in [2.45, 2.75) is 58.0 Å². The van der Waals surface area contributed by atoms with Crippen molar-refractivity contribution in [3.63, 3.8) is 0 Å². The third-order valence-electron chi connectivity index (χ3n) is 6.62. The zero-order valence-corrected chi connectivity index (χ0v) is 19.5. The summed E-state index contributed by atoms with van der Waals surface area (Å²) in [5.41, 5.74) is 2.25. The zero-order valence-electron chi connectivity index (χ0n) is 19.5. The van der Waals surface area contributed by atoms with Gasteiger partial charge in [-0.1, -0.05) is 31.4 Å². The normalized spacial score (nSPS) is 20.8. The molecule has 1 N–H and O–H groups in total. The Hall–Kier alpha value is -3.28. The maximum atomic E-state index is 13.3. The molecule has 1 saturated carbocycles. The third kappa shape index (κ3) is 4.34. The number of amides is 1. The van der Waals surface area contributed by atoms with Gasteiger partial charge in [0.05, 0.1) is 25.3 Å². The summed E-state index contributed by atoms with van der Waals surface area (Å²) in [6, 6.07) is 12.0. The number of Topliss-reactive ketones (excluding diaryl/α,β-unsaturated/α-hetero) is 1. The quantitative estimate of drug-likeness (QED) is 0.375. The lowest BCUT2D eigenvalue weighted by Gasteiger charge is -2.35. The molecule has 2 aliphatic rings. The number of likely N-dealkylation sites (tertiary alicyclic amines) is 1. The second-order valence-electron chi connectivity index (χ2n) is 8.68. The molecule has 0 radical (unpaired) electrons. The van der Waals surface area contributed by atoms with Crippen LogP contribution in [0.3, 0.4) is 0 Å². The Bertz CT molecular complexity index is 1070. The lowest BCUT2D eigenvalue weighted by Crippen LogP contribution is -2.40. The number of methoxy groups -OCH3 is 1. The van der Waals surface area contributed by atoms with Gasteiger partial charge in [-0.3, -0.25) is 9.59 Å². The molecule has 2 fully saturated rings. The van der Waals surface area contributed by atoms with Gasteiger partial charge >= 0.3 is 0 Å². The number of aryl methyl sites for hydroxylation is 1. The van der Waals surface area contributed by atoms with Gasteiger partial charge in [0.1, 0.15) is 17.3 Å². The van der Waals surface area contributed by atoms with Crippen LogP contribution in [-0.4, -0.2) is 41.5 Å². The summed E-state index contributed by atoms with van der Waals surface area (Å²) in [5, 5.41) is 11.3. The number of aliphatic hydroxyl groups is 1. The van der Waals surface area contributed by atoms with Crippen molar-refractivity contribution in [3.8, 4) is 11.5 Å². The van der Waals surface area contributed by atoms with E-state index in [0.29, 0.717) is 17.9 Å². The Labute approximate surface area is 194 Å². The highest BCUT2D eigenvalue weighted by Crippen LogP contribution is 2.43. The number of hydrogen-bond donors (Lipinski definition) is 1. The van der Waals surface area contributed by atoms with Crippen molar-refractivity contribution in [1.82, 2.24) is 4.90 Å². The Morgan fingerprint density at radius 1 is 1.06 bits per heavy atom. The van der Waals surface area contributed by atoms with E-state index in [1.807, 2.05) is 38.1 Å². The first-order valence-corrected chi connectivity index (χ1v) is 11.6. The first-order valence-electron chi connectivity index (χ1n) is 11.6. The van der Waals surface area contributed by atoms with E-state index in [1.165, 1.54) is 0 Å². The summed E-state index contributed by atoms with van der Waals surface area (Å²) in [6.07, 6.45) is 4.92. The minimum atomic E-state index is -0.634. The van der Waals surface area contributed by atoms with Gasteiger partial charge in [0.25, 0.3) is 11.7 Å². The maximum Gasteiger partial charge on any atom is 0.295 e. The number of carbonyl (C=O) groups excluding carboxylic acids is 2. The molecule has 6 heteroatoms. The summed E-state index contributed by atoms with van der Waals surface area (Å²) in [6.45, 7) is 4.35. The minimum Gasteiger partial charge on any atom is -0.507 e. The average molecular weight is 450 g/mol. The van der Waals surface area contributed by atoms with Crippen LogP contribution in [0.2, 0.25) is 0 Å². The SMILES string of the molecule is CCOc1ccc(C2/C(=C(/O)c3ccc(OC)c(C)c3)C(=O)C(=O)N2C2CCCCC2)cc1. The predicted octanol–water partition coefficient (Wildman–Crippen LogP) is 5.16. The molecule has 0 bridgehead atoms. The largest absolute Gasteiger partial charge is 0.507 e. The van der Waals surface area contributed by atoms with Crippen molar-refractivity contribution < 1.29 is 24.2 Å².